The Balaban J connectivity index is 1.70. The first-order chi connectivity index (χ1) is 9.75. The lowest BCUT2D eigenvalue weighted by atomic mass is 10.1. The second-order valence-corrected chi connectivity index (χ2v) is 6.24. The highest BCUT2D eigenvalue weighted by Crippen LogP contribution is 2.18. The summed E-state index contributed by atoms with van der Waals surface area (Å²) in [5, 5.41) is 8.77. The van der Waals surface area contributed by atoms with Gasteiger partial charge in [-0.3, -0.25) is 9.69 Å². The Morgan fingerprint density at radius 1 is 0.900 bits per heavy atom. The van der Waals surface area contributed by atoms with E-state index in [9.17, 15) is 4.79 Å². The molecule has 0 saturated carbocycles. The third-order valence-electron chi connectivity index (χ3n) is 4.30. The van der Waals surface area contributed by atoms with E-state index in [0.717, 1.165) is 13.1 Å². The first kappa shape index (κ1) is 17.5. The average Bonchev–Trinajstić information content (AvgIpc) is 3.20. The summed E-state index contributed by atoms with van der Waals surface area (Å²) in [7, 11) is 0. The van der Waals surface area contributed by atoms with Crippen molar-refractivity contribution in [2.75, 3.05) is 13.1 Å². The molecule has 1 rings (SSSR count). The molecule has 1 aliphatic rings. The third kappa shape index (κ3) is 8.57. The van der Waals surface area contributed by atoms with Crippen LogP contribution in [-0.2, 0) is 4.79 Å². The minimum Gasteiger partial charge on any atom is -0.480 e. The molecule has 0 aliphatic carbocycles. The molecule has 0 aromatic heterocycles. The summed E-state index contributed by atoms with van der Waals surface area (Å²) in [5.41, 5.74) is 0. The molecule has 3 nitrogen and oxygen atoms in total. The van der Waals surface area contributed by atoms with E-state index in [-0.39, 0.29) is 6.04 Å². The number of unbranched alkanes of at least 4 members (excludes halogenated alkanes) is 11. The lowest BCUT2D eigenvalue weighted by molar-refractivity contribution is -0.137. The maximum atomic E-state index is 10.6. The quantitative estimate of drug-likeness (QED) is 0.378. The molecule has 0 aromatic carbocycles. The fourth-order valence-electron chi connectivity index (χ4n) is 2.81. The van der Waals surface area contributed by atoms with Gasteiger partial charge in [0.2, 0.25) is 0 Å². The maximum absolute atomic E-state index is 10.6. The zero-order valence-electron chi connectivity index (χ0n) is 13.3. The van der Waals surface area contributed by atoms with E-state index in [0.29, 0.717) is 0 Å². The van der Waals surface area contributed by atoms with Crippen molar-refractivity contribution in [3.8, 4) is 0 Å². The first-order valence-electron chi connectivity index (χ1n) is 8.72. The van der Waals surface area contributed by atoms with Crippen LogP contribution in [0.3, 0.4) is 0 Å². The lowest BCUT2D eigenvalue weighted by Gasteiger charge is -2.03. The molecule has 3 heteroatoms. The number of hydrogen-bond donors (Lipinski definition) is 1. The standard InChI is InChI=1S/C17H33NO2/c1-2-3-4-5-6-7-8-9-10-11-12-13-14-18-15-16(18)17(19)20/h16H,2-15H2,1H3,(H,19,20). The summed E-state index contributed by atoms with van der Waals surface area (Å²) in [6.07, 6.45) is 16.3. The summed E-state index contributed by atoms with van der Waals surface area (Å²) >= 11 is 0. The van der Waals surface area contributed by atoms with Crippen molar-refractivity contribution < 1.29 is 9.90 Å². The third-order valence-corrected chi connectivity index (χ3v) is 4.30. The van der Waals surface area contributed by atoms with E-state index in [1.54, 1.807) is 0 Å². The first-order valence-corrected chi connectivity index (χ1v) is 8.72. The van der Waals surface area contributed by atoms with Gasteiger partial charge in [-0.15, -0.1) is 0 Å². The molecule has 1 saturated heterocycles. The summed E-state index contributed by atoms with van der Waals surface area (Å²) in [6.45, 7) is 4.02. The van der Waals surface area contributed by atoms with Crippen molar-refractivity contribution in [3.05, 3.63) is 0 Å². The molecule has 1 heterocycles. The number of carbonyl (C=O) groups is 1. The molecule has 0 radical (unpaired) electrons. The highest BCUT2D eigenvalue weighted by atomic mass is 16.4. The van der Waals surface area contributed by atoms with Crippen molar-refractivity contribution in [1.29, 1.82) is 0 Å². The summed E-state index contributed by atoms with van der Waals surface area (Å²) in [4.78, 5) is 12.7. The number of carboxylic acids is 1. The molecule has 0 spiro atoms. The highest BCUT2D eigenvalue weighted by molar-refractivity contribution is 5.76. The van der Waals surface area contributed by atoms with Gasteiger partial charge in [-0.25, -0.2) is 0 Å². The molecule has 118 valence electrons. The largest absolute Gasteiger partial charge is 0.480 e. The topological polar surface area (TPSA) is 40.3 Å². The van der Waals surface area contributed by atoms with Crippen LogP contribution in [0.25, 0.3) is 0 Å². The van der Waals surface area contributed by atoms with Crippen LogP contribution in [-0.4, -0.2) is 35.1 Å². The van der Waals surface area contributed by atoms with Gasteiger partial charge in [-0.05, 0) is 13.0 Å². The molecule has 0 bridgehead atoms. The van der Waals surface area contributed by atoms with E-state index in [1.165, 1.54) is 77.0 Å². The Kier molecular flexibility index (Phi) is 9.73. The fourth-order valence-corrected chi connectivity index (χ4v) is 2.81. The number of aliphatic carboxylic acids is 1. The van der Waals surface area contributed by atoms with Gasteiger partial charge in [0.05, 0.1) is 0 Å². The van der Waals surface area contributed by atoms with Gasteiger partial charge in [0, 0.05) is 6.54 Å². The zero-order valence-corrected chi connectivity index (χ0v) is 13.3. The number of nitrogens with zero attached hydrogens (tertiary/aromatic N) is 1. The molecular formula is C17H33NO2. The Morgan fingerprint density at radius 3 is 1.75 bits per heavy atom. The van der Waals surface area contributed by atoms with Gasteiger partial charge in [0.25, 0.3) is 0 Å². The van der Waals surface area contributed by atoms with Gasteiger partial charge < -0.3 is 5.11 Å². The molecule has 2 unspecified atom stereocenters. The van der Waals surface area contributed by atoms with E-state index >= 15 is 0 Å². The zero-order chi connectivity index (χ0) is 14.6. The number of carboxylic acid groups (broad SMARTS) is 1. The summed E-state index contributed by atoms with van der Waals surface area (Å²) in [6, 6.07) is -0.164. The van der Waals surface area contributed by atoms with Crippen LogP contribution in [0.2, 0.25) is 0 Å². The Labute approximate surface area is 124 Å². The van der Waals surface area contributed by atoms with Crippen LogP contribution < -0.4 is 0 Å². The smallest absolute Gasteiger partial charge is 0.322 e. The highest BCUT2D eigenvalue weighted by Gasteiger charge is 2.39. The minimum atomic E-state index is -0.649. The van der Waals surface area contributed by atoms with Crippen molar-refractivity contribution in [1.82, 2.24) is 4.90 Å². The predicted molar refractivity (Wildman–Crippen MR) is 84.1 cm³/mol. The number of rotatable bonds is 14. The van der Waals surface area contributed by atoms with Crippen LogP contribution in [0.15, 0.2) is 0 Å². The van der Waals surface area contributed by atoms with E-state index in [4.69, 9.17) is 5.11 Å². The summed E-state index contributed by atoms with van der Waals surface area (Å²) < 4.78 is 0. The molecule has 0 aromatic rings. The molecular weight excluding hydrogens is 250 g/mol. The van der Waals surface area contributed by atoms with Crippen molar-refractivity contribution >= 4 is 5.97 Å². The Bertz CT molecular complexity index is 255. The van der Waals surface area contributed by atoms with Crippen molar-refractivity contribution in [3.63, 3.8) is 0 Å². The van der Waals surface area contributed by atoms with Gasteiger partial charge >= 0.3 is 5.97 Å². The van der Waals surface area contributed by atoms with Crippen LogP contribution >= 0.6 is 0 Å². The second kappa shape index (κ2) is 11.1. The van der Waals surface area contributed by atoms with Gasteiger partial charge in [-0.2, -0.15) is 0 Å². The second-order valence-electron chi connectivity index (χ2n) is 6.24. The van der Waals surface area contributed by atoms with E-state index in [1.807, 2.05) is 0 Å². The molecule has 1 fully saturated rings. The maximum Gasteiger partial charge on any atom is 0.322 e. The summed E-state index contributed by atoms with van der Waals surface area (Å²) in [5.74, 6) is -0.649. The van der Waals surface area contributed by atoms with Gasteiger partial charge in [0.1, 0.15) is 6.04 Å². The SMILES string of the molecule is CCCCCCCCCCCCCCN1CC1C(=O)O. The number of hydrogen-bond acceptors (Lipinski definition) is 2. The molecule has 20 heavy (non-hydrogen) atoms. The van der Waals surface area contributed by atoms with Gasteiger partial charge in [0.15, 0.2) is 0 Å². The van der Waals surface area contributed by atoms with Crippen LogP contribution in [0, 0.1) is 0 Å². The average molecular weight is 283 g/mol. The monoisotopic (exact) mass is 283 g/mol. The molecule has 1 N–H and O–H groups in total. The van der Waals surface area contributed by atoms with Crippen molar-refractivity contribution in [2.45, 2.75) is 90.0 Å². The van der Waals surface area contributed by atoms with Crippen molar-refractivity contribution in [2.24, 2.45) is 0 Å². The Hall–Kier alpha value is -0.570. The van der Waals surface area contributed by atoms with E-state index < -0.39 is 5.97 Å². The van der Waals surface area contributed by atoms with Crippen LogP contribution in [0.1, 0.15) is 84.0 Å². The fraction of sp³-hybridized carbons (Fsp3) is 0.941. The Morgan fingerprint density at radius 2 is 1.35 bits per heavy atom. The van der Waals surface area contributed by atoms with Gasteiger partial charge in [-0.1, -0.05) is 77.6 Å². The normalized spacial score (nSPS) is 21.1. The van der Waals surface area contributed by atoms with E-state index in [2.05, 4.69) is 11.8 Å². The molecule has 0 amide bonds. The van der Waals surface area contributed by atoms with Crippen LogP contribution in [0.4, 0.5) is 0 Å². The minimum absolute atomic E-state index is 0.164. The lowest BCUT2D eigenvalue weighted by Crippen LogP contribution is -2.12. The molecule has 1 aliphatic heterocycles. The van der Waals surface area contributed by atoms with Crippen LogP contribution in [0.5, 0.6) is 0 Å². The molecule has 2 atom stereocenters. The predicted octanol–water partition coefficient (Wildman–Crippen LogP) is 4.46.